The first kappa shape index (κ1) is 21.3. The van der Waals surface area contributed by atoms with Crippen LogP contribution < -0.4 is 4.31 Å². The zero-order valence-corrected chi connectivity index (χ0v) is 17.3. The van der Waals surface area contributed by atoms with Gasteiger partial charge in [0, 0.05) is 19.6 Å². The highest BCUT2D eigenvalue weighted by Crippen LogP contribution is 2.22. The molecule has 3 rings (SSSR count). The van der Waals surface area contributed by atoms with Gasteiger partial charge in [0.2, 0.25) is 10.0 Å². The van der Waals surface area contributed by atoms with Gasteiger partial charge < -0.3 is 9.47 Å². The van der Waals surface area contributed by atoms with E-state index >= 15 is 0 Å². The first-order valence-corrected chi connectivity index (χ1v) is 11.1. The SMILES string of the molecule is COC(=O)c1ccc(CN(c2ccccc2)S(=O)(=O)CCN2CCOCC2)cc1. The number of hydrogen-bond acceptors (Lipinski definition) is 6. The molecule has 0 spiro atoms. The number of morpholine rings is 1. The summed E-state index contributed by atoms with van der Waals surface area (Å²) in [5, 5.41) is 0. The smallest absolute Gasteiger partial charge is 0.337 e. The maximum Gasteiger partial charge on any atom is 0.337 e. The van der Waals surface area contributed by atoms with E-state index in [1.54, 1.807) is 36.4 Å². The average molecular weight is 419 g/mol. The molecule has 0 atom stereocenters. The molecule has 1 fully saturated rings. The van der Waals surface area contributed by atoms with Crippen molar-refractivity contribution in [2.45, 2.75) is 6.54 Å². The Labute approximate surface area is 171 Å². The molecule has 0 radical (unpaired) electrons. The van der Waals surface area contributed by atoms with Gasteiger partial charge in [0.25, 0.3) is 0 Å². The lowest BCUT2D eigenvalue weighted by Gasteiger charge is -2.29. The second-order valence-corrected chi connectivity index (χ2v) is 8.81. The van der Waals surface area contributed by atoms with Gasteiger partial charge in [0.1, 0.15) is 0 Å². The van der Waals surface area contributed by atoms with E-state index in [1.165, 1.54) is 11.4 Å². The normalized spacial score (nSPS) is 15.1. The first-order valence-electron chi connectivity index (χ1n) is 9.52. The number of ether oxygens (including phenoxy) is 2. The largest absolute Gasteiger partial charge is 0.465 e. The van der Waals surface area contributed by atoms with E-state index < -0.39 is 16.0 Å². The number of sulfonamides is 1. The van der Waals surface area contributed by atoms with Crippen LogP contribution in [0.1, 0.15) is 15.9 Å². The third kappa shape index (κ3) is 5.79. The molecule has 29 heavy (non-hydrogen) atoms. The van der Waals surface area contributed by atoms with Crippen LogP contribution in [0.4, 0.5) is 5.69 Å². The minimum absolute atomic E-state index is 0.0299. The van der Waals surface area contributed by atoms with Crippen molar-refractivity contribution >= 4 is 21.7 Å². The number of nitrogens with zero attached hydrogens (tertiary/aromatic N) is 2. The molecule has 0 amide bonds. The molecular formula is C21H26N2O5S. The molecule has 156 valence electrons. The van der Waals surface area contributed by atoms with E-state index in [9.17, 15) is 13.2 Å². The number of rotatable bonds is 8. The van der Waals surface area contributed by atoms with E-state index in [0.717, 1.165) is 18.7 Å². The van der Waals surface area contributed by atoms with Crippen LogP contribution >= 0.6 is 0 Å². The summed E-state index contributed by atoms with van der Waals surface area (Å²) in [4.78, 5) is 13.7. The third-order valence-corrected chi connectivity index (χ3v) is 6.56. The molecule has 2 aromatic carbocycles. The predicted molar refractivity (Wildman–Crippen MR) is 111 cm³/mol. The quantitative estimate of drug-likeness (QED) is 0.612. The number of esters is 1. The monoisotopic (exact) mass is 418 g/mol. The van der Waals surface area contributed by atoms with Crippen molar-refractivity contribution in [1.82, 2.24) is 4.90 Å². The van der Waals surface area contributed by atoms with Gasteiger partial charge in [-0.25, -0.2) is 13.2 Å². The fourth-order valence-corrected chi connectivity index (χ4v) is 4.65. The van der Waals surface area contributed by atoms with Crippen LogP contribution in [0.2, 0.25) is 0 Å². The molecule has 8 heteroatoms. The van der Waals surface area contributed by atoms with Crippen molar-refractivity contribution in [1.29, 1.82) is 0 Å². The number of anilines is 1. The molecule has 2 aromatic rings. The Morgan fingerprint density at radius 1 is 1.07 bits per heavy atom. The fourth-order valence-electron chi connectivity index (χ4n) is 3.15. The Kier molecular flexibility index (Phi) is 7.24. The van der Waals surface area contributed by atoms with Crippen LogP contribution in [0.5, 0.6) is 0 Å². The molecule has 1 saturated heterocycles. The molecular weight excluding hydrogens is 392 g/mol. The van der Waals surface area contributed by atoms with Crippen molar-refractivity contribution in [3.05, 3.63) is 65.7 Å². The zero-order valence-electron chi connectivity index (χ0n) is 16.5. The molecule has 0 unspecified atom stereocenters. The third-order valence-electron chi connectivity index (χ3n) is 4.85. The summed E-state index contributed by atoms with van der Waals surface area (Å²) in [6.45, 7) is 3.42. The van der Waals surface area contributed by atoms with Crippen LogP contribution in [0.15, 0.2) is 54.6 Å². The lowest BCUT2D eigenvalue weighted by Crippen LogP contribution is -2.42. The second-order valence-electron chi connectivity index (χ2n) is 6.80. The van der Waals surface area contributed by atoms with Gasteiger partial charge in [0.05, 0.1) is 43.9 Å². The van der Waals surface area contributed by atoms with Crippen LogP contribution in [-0.2, 0) is 26.0 Å². The lowest BCUT2D eigenvalue weighted by atomic mass is 10.1. The summed E-state index contributed by atoms with van der Waals surface area (Å²) < 4.78 is 37.9. The zero-order chi connectivity index (χ0) is 20.7. The topological polar surface area (TPSA) is 76.2 Å². The maximum absolute atomic E-state index is 13.2. The van der Waals surface area contributed by atoms with Crippen LogP contribution in [0.25, 0.3) is 0 Å². The van der Waals surface area contributed by atoms with E-state index in [-0.39, 0.29) is 12.3 Å². The molecule has 0 aromatic heterocycles. The van der Waals surface area contributed by atoms with Crippen molar-refractivity contribution in [2.24, 2.45) is 0 Å². The van der Waals surface area contributed by atoms with Gasteiger partial charge in [-0.15, -0.1) is 0 Å². The predicted octanol–water partition coefficient (Wildman–Crippen LogP) is 2.14. The number of para-hydroxylation sites is 1. The number of hydrogen-bond donors (Lipinski definition) is 0. The summed E-state index contributed by atoms with van der Waals surface area (Å²) in [6.07, 6.45) is 0. The Morgan fingerprint density at radius 2 is 1.72 bits per heavy atom. The van der Waals surface area contributed by atoms with Gasteiger partial charge in [0.15, 0.2) is 0 Å². The summed E-state index contributed by atoms with van der Waals surface area (Å²) in [5.74, 6) is -0.392. The maximum atomic E-state index is 13.2. The van der Waals surface area contributed by atoms with Gasteiger partial charge >= 0.3 is 5.97 Å². The minimum atomic E-state index is -3.54. The van der Waals surface area contributed by atoms with Crippen molar-refractivity contribution in [3.8, 4) is 0 Å². The number of methoxy groups -OCH3 is 1. The molecule has 1 heterocycles. The van der Waals surface area contributed by atoms with Crippen molar-refractivity contribution in [3.63, 3.8) is 0 Å². The van der Waals surface area contributed by atoms with Gasteiger partial charge in [-0.1, -0.05) is 30.3 Å². The van der Waals surface area contributed by atoms with E-state index in [4.69, 9.17) is 9.47 Å². The summed E-state index contributed by atoms with van der Waals surface area (Å²) in [7, 11) is -2.22. The van der Waals surface area contributed by atoms with Crippen LogP contribution in [0, 0.1) is 0 Å². The van der Waals surface area contributed by atoms with E-state index in [2.05, 4.69) is 4.90 Å². The van der Waals surface area contributed by atoms with Crippen molar-refractivity contribution < 1.29 is 22.7 Å². The number of carbonyl (C=O) groups is 1. The highest BCUT2D eigenvalue weighted by molar-refractivity contribution is 7.92. The first-order chi connectivity index (χ1) is 14.0. The molecule has 1 aliphatic heterocycles. The Bertz CT molecular complexity index is 894. The minimum Gasteiger partial charge on any atom is -0.465 e. The van der Waals surface area contributed by atoms with Crippen LogP contribution in [-0.4, -0.2) is 65.0 Å². The van der Waals surface area contributed by atoms with Gasteiger partial charge in [-0.3, -0.25) is 9.21 Å². The summed E-state index contributed by atoms with van der Waals surface area (Å²) >= 11 is 0. The molecule has 0 N–H and O–H groups in total. The van der Waals surface area contributed by atoms with Crippen LogP contribution in [0.3, 0.4) is 0 Å². The highest BCUT2D eigenvalue weighted by atomic mass is 32.2. The van der Waals surface area contributed by atoms with Crippen molar-refractivity contribution in [2.75, 3.05) is 50.0 Å². The molecule has 0 saturated carbocycles. The summed E-state index contributed by atoms with van der Waals surface area (Å²) in [6, 6.07) is 15.9. The van der Waals surface area contributed by atoms with E-state index in [0.29, 0.717) is 31.0 Å². The molecule has 0 bridgehead atoms. The average Bonchev–Trinajstić information content (AvgIpc) is 2.77. The van der Waals surface area contributed by atoms with Gasteiger partial charge in [-0.2, -0.15) is 0 Å². The highest BCUT2D eigenvalue weighted by Gasteiger charge is 2.24. The second kappa shape index (κ2) is 9.87. The molecule has 7 nitrogen and oxygen atoms in total. The number of benzene rings is 2. The Balaban J connectivity index is 1.78. The number of carbonyl (C=O) groups excluding carboxylic acids is 1. The van der Waals surface area contributed by atoms with Gasteiger partial charge in [-0.05, 0) is 29.8 Å². The lowest BCUT2D eigenvalue weighted by molar-refractivity contribution is 0.0408. The Morgan fingerprint density at radius 3 is 2.34 bits per heavy atom. The summed E-state index contributed by atoms with van der Waals surface area (Å²) in [5.41, 5.74) is 1.83. The Hall–Kier alpha value is -2.42. The molecule has 1 aliphatic rings. The molecule has 0 aliphatic carbocycles. The van der Waals surface area contributed by atoms with E-state index in [1.807, 2.05) is 18.2 Å². The fraction of sp³-hybridized carbons (Fsp3) is 0.381. The standard InChI is InChI=1S/C21H26N2O5S/c1-27-21(24)19-9-7-18(8-10-19)17-23(20-5-3-2-4-6-20)29(25,26)16-13-22-11-14-28-15-12-22/h2-10H,11-17H2,1H3.